The second kappa shape index (κ2) is 8.23. The van der Waals surface area contributed by atoms with Gasteiger partial charge >= 0.3 is 6.03 Å². The van der Waals surface area contributed by atoms with Gasteiger partial charge in [0.1, 0.15) is 6.04 Å². The van der Waals surface area contributed by atoms with E-state index in [1.807, 2.05) is 72.6 Å². The monoisotopic (exact) mass is 407 g/mol. The fourth-order valence-electron chi connectivity index (χ4n) is 4.53. The number of amides is 2. The quantitative estimate of drug-likeness (QED) is 0.477. The zero-order valence-electron chi connectivity index (χ0n) is 17.5. The van der Waals surface area contributed by atoms with Gasteiger partial charge in [-0.25, -0.2) is 4.79 Å². The summed E-state index contributed by atoms with van der Waals surface area (Å²) in [6, 6.07) is 28.4. The predicted octanol–water partition coefficient (Wildman–Crippen LogP) is 5.65. The summed E-state index contributed by atoms with van der Waals surface area (Å²) in [4.78, 5) is 20.2. The number of pyridine rings is 1. The SMILES string of the molecule is C[C@H](NC(=O)N1CCc2ccccc2[C@@H]1c1nccc2ccccc12)c1ccccc1. The minimum atomic E-state index is -0.223. The molecule has 0 bridgehead atoms. The number of rotatable bonds is 3. The lowest BCUT2D eigenvalue weighted by atomic mass is 9.89. The van der Waals surface area contributed by atoms with Gasteiger partial charge in [-0.1, -0.05) is 78.9 Å². The first-order valence-electron chi connectivity index (χ1n) is 10.8. The third-order valence-electron chi connectivity index (χ3n) is 6.15. The minimum absolute atomic E-state index is 0.0643. The number of urea groups is 1. The van der Waals surface area contributed by atoms with Crippen molar-refractivity contribution in [2.45, 2.75) is 25.4 Å². The Morgan fingerprint density at radius 2 is 1.71 bits per heavy atom. The molecule has 0 saturated heterocycles. The number of nitrogens with one attached hydrogen (secondary N) is 1. The van der Waals surface area contributed by atoms with Crippen LogP contribution in [0, 0.1) is 0 Å². The van der Waals surface area contributed by atoms with Gasteiger partial charge in [-0.15, -0.1) is 0 Å². The highest BCUT2D eigenvalue weighted by Gasteiger charge is 2.34. The molecule has 1 N–H and O–H groups in total. The second-order valence-electron chi connectivity index (χ2n) is 8.04. The lowest BCUT2D eigenvalue weighted by Crippen LogP contribution is -2.46. The van der Waals surface area contributed by atoms with Gasteiger partial charge in [0.15, 0.2) is 0 Å². The number of fused-ring (bicyclic) bond motifs is 2. The predicted molar refractivity (Wildman–Crippen MR) is 124 cm³/mol. The van der Waals surface area contributed by atoms with Crippen molar-refractivity contribution in [2.24, 2.45) is 0 Å². The molecule has 1 aromatic heterocycles. The molecule has 1 aliphatic heterocycles. The molecular weight excluding hydrogens is 382 g/mol. The topological polar surface area (TPSA) is 45.2 Å². The standard InChI is InChI=1S/C27H25N3O/c1-19(20-9-3-2-4-10-20)29-27(31)30-18-16-22-12-6-8-14-24(22)26(30)25-23-13-7-5-11-21(23)15-17-28-25/h2-15,17,19,26H,16,18H2,1H3,(H,29,31)/t19-,26+/m0/s1. The molecule has 154 valence electrons. The Balaban J connectivity index is 1.56. The van der Waals surface area contributed by atoms with Crippen LogP contribution in [0.25, 0.3) is 10.8 Å². The van der Waals surface area contributed by atoms with Crippen LogP contribution in [0.2, 0.25) is 0 Å². The van der Waals surface area contributed by atoms with Crippen LogP contribution < -0.4 is 5.32 Å². The minimum Gasteiger partial charge on any atom is -0.331 e. The van der Waals surface area contributed by atoms with Crippen molar-refractivity contribution in [1.29, 1.82) is 0 Å². The molecule has 0 unspecified atom stereocenters. The Kier molecular flexibility index (Phi) is 5.13. The lowest BCUT2D eigenvalue weighted by Gasteiger charge is -2.38. The molecule has 0 radical (unpaired) electrons. The van der Waals surface area contributed by atoms with E-state index in [0.717, 1.165) is 34.0 Å². The highest BCUT2D eigenvalue weighted by atomic mass is 16.2. The van der Waals surface area contributed by atoms with Gasteiger partial charge in [-0.05, 0) is 41.5 Å². The summed E-state index contributed by atoms with van der Waals surface area (Å²) in [5, 5.41) is 5.42. The van der Waals surface area contributed by atoms with Crippen LogP contribution in [-0.2, 0) is 6.42 Å². The number of carbonyl (C=O) groups is 1. The fraction of sp³-hybridized carbons (Fsp3) is 0.185. The zero-order chi connectivity index (χ0) is 21.2. The summed E-state index contributed by atoms with van der Waals surface area (Å²) >= 11 is 0. The average Bonchev–Trinajstić information content (AvgIpc) is 2.83. The highest BCUT2D eigenvalue weighted by Crippen LogP contribution is 2.37. The molecule has 4 aromatic rings. The number of nitrogens with zero attached hydrogens (tertiary/aromatic N) is 2. The van der Waals surface area contributed by atoms with Crippen molar-refractivity contribution in [3.63, 3.8) is 0 Å². The highest BCUT2D eigenvalue weighted by molar-refractivity contribution is 5.86. The summed E-state index contributed by atoms with van der Waals surface area (Å²) in [6.45, 7) is 2.68. The van der Waals surface area contributed by atoms with Crippen LogP contribution in [0.3, 0.4) is 0 Å². The van der Waals surface area contributed by atoms with Crippen LogP contribution in [0.15, 0.2) is 91.1 Å². The largest absolute Gasteiger partial charge is 0.331 e. The average molecular weight is 408 g/mol. The van der Waals surface area contributed by atoms with Crippen molar-refractivity contribution in [1.82, 2.24) is 15.2 Å². The van der Waals surface area contributed by atoms with E-state index in [-0.39, 0.29) is 18.1 Å². The molecular formula is C27H25N3O. The van der Waals surface area contributed by atoms with Crippen molar-refractivity contribution in [2.75, 3.05) is 6.54 Å². The number of hydrogen-bond donors (Lipinski definition) is 1. The molecule has 4 nitrogen and oxygen atoms in total. The fourth-order valence-corrected chi connectivity index (χ4v) is 4.53. The van der Waals surface area contributed by atoms with E-state index in [2.05, 4.69) is 35.6 Å². The van der Waals surface area contributed by atoms with E-state index >= 15 is 0 Å². The van der Waals surface area contributed by atoms with Gasteiger partial charge < -0.3 is 10.2 Å². The third kappa shape index (κ3) is 3.66. The Bertz CT molecular complexity index is 1220. The molecule has 1 aliphatic rings. The summed E-state index contributed by atoms with van der Waals surface area (Å²) in [7, 11) is 0. The Morgan fingerprint density at radius 3 is 2.58 bits per heavy atom. The van der Waals surface area contributed by atoms with Gasteiger partial charge in [0.2, 0.25) is 0 Å². The van der Waals surface area contributed by atoms with Crippen molar-refractivity contribution >= 4 is 16.8 Å². The second-order valence-corrected chi connectivity index (χ2v) is 8.04. The summed E-state index contributed by atoms with van der Waals surface area (Å²) in [6.07, 6.45) is 2.68. The van der Waals surface area contributed by atoms with E-state index in [0.29, 0.717) is 6.54 Å². The molecule has 2 atom stereocenters. The van der Waals surface area contributed by atoms with E-state index < -0.39 is 0 Å². The summed E-state index contributed by atoms with van der Waals surface area (Å²) in [5.41, 5.74) is 4.45. The van der Waals surface area contributed by atoms with Gasteiger partial charge in [0.25, 0.3) is 0 Å². The maximum Gasteiger partial charge on any atom is 0.318 e. The Morgan fingerprint density at radius 1 is 0.968 bits per heavy atom. The van der Waals surface area contributed by atoms with Crippen LogP contribution in [-0.4, -0.2) is 22.5 Å². The molecule has 0 aliphatic carbocycles. The van der Waals surface area contributed by atoms with E-state index in [1.54, 1.807) is 0 Å². The first kappa shape index (κ1) is 19.3. The molecule has 2 heterocycles. The van der Waals surface area contributed by atoms with Gasteiger partial charge in [-0.2, -0.15) is 0 Å². The lowest BCUT2D eigenvalue weighted by molar-refractivity contribution is 0.176. The van der Waals surface area contributed by atoms with Crippen LogP contribution in [0.1, 0.15) is 41.4 Å². The smallest absolute Gasteiger partial charge is 0.318 e. The normalized spacial score (nSPS) is 16.5. The van der Waals surface area contributed by atoms with Crippen LogP contribution in [0.5, 0.6) is 0 Å². The first-order valence-corrected chi connectivity index (χ1v) is 10.8. The van der Waals surface area contributed by atoms with Gasteiger partial charge in [0.05, 0.1) is 11.7 Å². The van der Waals surface area contributed by atoms with Crippen LogP contribution in [0.4, 0.5) is 4.79 Å². The summed E-state index contributed by atoms with van der Waals surface area (Å²) < 4.78 is 0. The van der Waals surface area contributed by atoms with Crippen molar-refractivity contribution in [3.8, 4) is 0 Å². The van der Waals surface area contributed by atoms with Gasteiger partial charge in [0, 0.05) is 18.1 Å². The maximum atomic E-state index is 13.5. The molecule has 4 heteroatoms. The Hall–Kier alpha value is -3.66. The summed E-state index contributed by atoms with van der Waals surface area (Å²) in [5.74, 6) is 0. The van der Waals surface area contributed by atoms with Crippen LogP contribution >= 0.6 is 0 Å². The molecule has 31 heavy (non-hydrogen) atoms. The van der Waals surface area contributed by atoms with Gasteiger partial charge in [-0.3, -0.25) is 4.98 Å². The van der Waals surface area contributed by atoms with E-state index in [4.69, 9.17) is 4.98 Å². The number of hydrogen-bond acceptors (Lipinski definition) is 2. The number of carbonyl (C=O) groups excluding carboxylic acids is 1. The molecule has 5 rings (SSSR count). The third-order valence-corrected chi connectivity index (χ3v) is 6.15. The zero-order valence-corrected chi connectivity index (χ0v) is 17.5. The number of benzene rings is 3. The first-order chi connectivity index (χ1) is 15.2. The van der Waals surface area contributed by atoms with E-state index in [9.17, 15) is 4.79 Å². The molecule has 0 saturated carbocycles. The Labute approximate surface area is 182 Å². The molecule has 0 fully saturated rings. The maximum absolute atomic E-state index is 13.5. The number of aromatic nitrogens is 1. The molecule has 2 amide bonds. The van der Waals surface area contributed by atoms with E-state index in [1.165, 1.54) is 5.56 Å². The molecule has 0 spiro atoms. The van der Waals surface area contributed by atoms with Crippen molar-refractivity contribution in [3.05, 3.63) is 114 Å². The molecule has 3 aromatic carbocycles. The van der Waals surface area contributed by atoms with Crippen molar-refractivity contribution < 1.29 is 4.79 Å².